The second kappa shape index (κ2) is 4.68. The zero-order valence-corrected chi connectivity index (χ0v) is 11.9. The highest BCUT2D eigenvalue weighted by Crippen LogP contribution is 2.36. The van der Waals surface area contributed by atoms with Crippen LogP contribution in [-0.2, 0) is 9.31 Å². The molecule has 0 aliphatic carbocycles. The molecule has 0 atom stereocenters. The summed E-state index contributed by atoms with van der Waals surface area (Å²) in [6.45, 7) is 7.66. The van der Waals surface area contributed by atoms with Crippen molar-refractivity contribution < 1.29 is 19.0 Å². The highest BCUT2D eigenvalue weighted by Gasteiger charge is 2.51. The van der Waals surface area contributed by atoms with Crippen molar-refractivity contribution in [1.82, 2.24) is 0 Å². The molecule has 7 heteroatoms. The minimum absolute atomic E-state index is 0.0159. The molecule has 1 fully saturated rings. The number of rotatable bonds is 3. The van der Waals surface area contributed by atoms with E-state index in [2.05, 4.69) is 0 Å². The predicted octanol–water partition coefficient (Wildman–Crippen LogP) is 1.71. The van der Waals surface area contributed by atoms with E-state index in [4.69, 9.17) is 9.31 Å². The molecular formula is C13H16BNO5. The molecule has 6 nitrogen and oxygen atoms in total. The molecule has 2 rings (SSSR count). The average Bonchev–Trinajstić information content (AvgIpc) is 2.57. The van der Waals surface area contributed by atoms with Gasteiger partial charge in [0.15, 0.2) is 6.29 Å². The largest absolute Gasteiger partial charge is 0.494 e. The first-order chi connectivity index (χ1) is 9.18. The van der Waals surface area contributed by atoms with Gasteiger partial charge in [0.2, 0.25) is 0 Å². The number of carbonyl (C=O) groups is 1. The van der Waals surface area contributed by atoms with Crippen LogP contribution in [0.2, 0.25) is 0 Å². The van der Waals surface area contributed by atoms with Crippen molar-refractivity contribution in [2.75, 3.05) is 0 Å². The molecule has 0 bridgehead atoms. The van der Waals surface area contributed by atoms with Crippen molar-refractivity contribution >= 4 is 24.6 Å². The van der Waals surface area contributed by atoms with Crippen molar-refractivity contribution in [2.45, 2.75) is 38.9 Å². The number of nitro benzene ring substituents is 1. The third kappa shape index (κ3) is 2.34. The molecule has 106 valence electrons. The van der Waals surface area contributed by atoms with E-state index in [1.165, 1.54) is 12.1 Å². The molecule has 20 heavy (non-hydrogen) atoms. The van der Waals surface area contributed by atoms with E-state index < -0.39 is 23.2 Å². The van der Waals surface area contributed by atoms with Crippen molar-refractivity contribution in [2.24, 2.45) is 0 Å². The number of aldehydes is 1. The highest BCUT2D eigenvalue weighted by molar-refractivity contribution is 6.62. The molecule has 1 saturated heterocycles. The molecule has 0 spiro atoms. The summed E-state index contributed by atoms with van der Waals surface area (Å²) in [5.41, 5.74) is -0.611. The minimum Gasteiger partial charge on any atom is -0.399 e. The van der Waals surface area contributed by atoms with Gasteiger partial charge in [-0.3, -0.25) is 14.9 Å². The molecule has 1 aliphatic rings. The van der Waals surface area contributed by atoms with Crippen LogP contribution in [0.4, 0.5) is 5.69 Å². The second-order valence-corrected chi connectivity index (χ2v) is 5.78. The first-order valence-corrected chi connectivity index (χ1v) is 6.27. The van der Waals surface area contributed by atoms with Crippen molar-refractivity contribution in [3.8, 4) is 0 Å². The number of hydrogen-bond donors (Lipinski definition) is 0. The number of carbonyl (C=O) groups excluding carboxylic acids is 1. The first-order valence-electron chi connectivity index (χ1n) is 6.27. The Morgan fingerprint density at radius 3 is 2.20 bits per heavy atom. The Balaban J connectivity index is 2.37. The van der Waals surface area contributed by atoms with Crippen LogP contribution >= 0.6 is 0 Å². The van der Waals surface area contributed by atoms with E-state index >= 15 is 0 Å². The second-order valence-electron chi connectivity index (χ2n) is 5.78. The van der Waals surface area contributed by atoms with Gasteiger partial charge in [0.1, 0.15) is 0 Å². The van der Waals surface area contributed by atoms with Gasteiger partial charge in [0, 0.05) is 6.07 Å². The summed E-state index contributed by atoms with van der Waals surface area (Å²) < 4.78 is 11.7. The van der Waals surface area contributed by atoms with E-state index in [0.29, 0.717) is 11.7 Å². The molecule has 0 saturated carbocycles. The summed E-state index contributed by atoms with van der Waals surface area (Å²) in [6, 6.07) is 4.28. The topological polar surface area (TPSA) is 78.7 Å². The van der Waals surface area contributed by atoms with Gasteiger partial charge >= 0.3 is 7.12 Å². The number of nitro groups is 1. The van der Waals surface area contributed by atoms with Gasteiger partial charge in [-0.05, 0) is 39.2 Å². The first kappa shape index (κ1) is 14.7. The average molecular weight is 277 g/mol. The van der Waals surface area contributed by atoms with Crippen LogP contribution in [0.5, 0.6) is 0 Å². The van der Waals surface area contributed by atoms with Crippen LogP contribution in [0.1, 0.15) is 38.1 Å². The maximum absolute atomic E-state index is 11.0. The Morgan fingerprint density at radius 2 is 1.75 bits per heavy atom. The summed E-state index contributed by atoms with van der Waals surface area (Å²) in [5, 5.41) is 10.8. The zero-order valence-electron chi connectivity index (χ0n) is 11.9. The van der Waals surface area contributed by atoms with Crippen molar-refractivity contribution in [1.29, 1.82) is 0 Å². The molecule has 0 radical (unpaired) electrons. The zero-order chi connectivity index (χ0) is 15.1. The Kier molecular flexibility index (Phi) is 3.43. The van der Waals surface area contributed by atoms with Gasteiger partial charge < -0.3 is 9.31 Å². The standard InChI is InChI=1S/C13H16BNO5/c1-12(2)13(3,4)20-14(19-12)10-5-6-11(15(17)18)9(7-10)8-16/h5-8H,1-4H3. The maximum Gasteiger partial charge on any atom is 0.494 e. The summed E-state index contributed by atoms with van der Waals surface area (Å²) in [4.78, 5) is 21.2. The molecule has 0 unspecified atom stereocenters. The smallest absolute Gasteiger partial charge is 0.399 e. The molecule has 1 aliphatic heterocycles. The number of nitrogens with zero attached hydrogens (tertiary/aromatic N) is 1. The molecule has 0 N–H and O–H groups in total. The molecule has 0 amide bonds. The summed E-state index contributed by atoms with van der Waals surface area (Å²) in [5.74, 6) is 0. The van der Waals surface area contributed by atoms with Gasteiger partial charge in [0.05, 0.1) is 21.7 Å². The normalized spacial score (nSPS) is 19.9. The Labute approximate surface area is 117 Å². The number of benzene rings is 1. The van der Waals surface area contributed by atoms with Gasteiger partial charge in [-0.15, -0.1) is 0 Å². The van der Waals surface area contributed by atoms with Gasteiger partial charge in [0.25, 0.3) is 5.69 Å². The third-order valence-electron chi connectivity index (χ3n) is 3.90. The lowest BCUT2D eigenvalue weighted by atomic mass is 9.78. The van der Waals surface area contributed by atoms with Gasteiger partial charge in [-0.25, -0.2) is 0 Å². The van der Waals surface area contributed by atoms with Crippen LogP contribution in [0.3, 0.4) is 0 Å². The molecule has 1 aromatic rings. The van der Waals surface area contributed by atoms with Crippen LogP contribution in [0.15, 0.2) is 18.2 Å². The summed E-state index contributed by atoms with van der Waals surface area (Å²) in [7, 11) is -0.639. The van der Waals surface area contributed by atoms with Crippen LogP contribution in [-0.4, -0.2) is 29.5 Å². The molecular weight excluding hydrogens is 261 g/mol. The Hall–Kier alpha value is -1.73. The van der Waals surface area contributed by atoms with E-state index in [9.17, 15) is 14.9 Å². The van der Waals surface area contributed by atoms with Crippen LogP contribution < -0.4 is 5.46 Å². The van der Waals surface area contributed by atoms with Gasteiger partial charge in [-0.1, -0.05) is 6.07 Å². The van der Waals surface area contributed by atoms with Crippen molar-refractivity contribution in [3.63, 3.8) is 0 Å². The fourth-order valence-corrected chi connectivity index (χ4v) is 1.96. The van der Waals surface area contributed by atoms with E-state index in [1.54, 1.807) is 6.07 Å². The fraction of sp³-hybridized carbons (Fsp3) is 0.462. The van der Waals surface area contributed by atoms with E-state index in [0.717, 1.165) is 0 Å². The SMILES string of the molecule is CC1(C)OB(c2ccc([N+](=O)[O-])c(C=O)c2)OC1(C)C. The lowest BCUT2D eigenvalue weighted by Crippen LogP contribution is -2.41. The minimum atomic E-state index is -0.639. The third-order valence-corrected chi connectivity index (χ3v) is 3.90. The lowest BCUT2D eigenvalue weighted by molar-refractivity contribution is -0.385. The molecule has 1 aromatic carbocycles. The Morgan fingerprint density at radius 1 is 1.20 bits per heavy atom. The van der Waals surface area contributed by atoms with E-state index in [1.807, 2.05) is 27.7 Å². The maximum atomic E-state index is 11.0. The Bertz CT molecular complexity index is 554. The summed E-state index contributed by atoms with van der Waals surface area (Å²) in [6.07, 6.45) is 0.465. The lowest BCUT2D eigenvalue weighted by Gasteiger charge is -2.32. The molecule has 1 heterocycles. The quantitative estimate of drug-likeness (QED) is 0.363. The monoisotopic (exact) mass is 277 g/mol. The number of hydrogen-bond acceptors (Lipinski definition) is 5. The van der Waals surface area contributed by atoms with Crippen LogP contribution in [0, 0.1) is 10.1 Å². The van der Waals surface area contributed by atoms with E-state index in [-0.39, 0.29) is 11.3 Å². The highest BCUT2D eigenvalue weighted by atomic mass is 16.7. The van der Waals surface area contributed by atoms with Gasteiger partial charge in [-0.2, -0.15) is 0 Å². The molecule has 0 aromatic heterocycles. The van der Waals surface area contributed by atoms with Crippen molar-refractivity contribution in [3.05, 3.63) is 33.9 Å². The fourth-order valence-electron chi connectivity index (χ4n) is 1.96. The van der Waals surface area contributed by atoms with Crippen LogP contribution in [0.25, 0.3) is 0 Å². The summed E-state index contributed by atoms with van der Waals surface area (Å²) >= 11 is 0. The predicted molar refractivity (Wildman–Crippen MR) is 74.2 cm³/mol.